The highest BCUT2D eigenvalue weighted by Crippen LogP contribution is 2.65. The highest BCUT2D eigenvalue weighted by atomic mass is 15.1. The van der Waals surface area contributed by atoms with E-state index in [1.165, 1.54) is 55.6 Å². The summed E-state index contributed by atoms with van der Waals surface area (Å²) >= 11 is 0. The fourth-order valence-corrected chi connectivity index (χ4v) is 9.05. The van der Waals surface area contributed by atoms with Crippen molar-refractivity contribution in [1.29, 1.82) is 0 Å². The topological polar surface area (TPSA) is 3.24 Å². The molecule has 0 radical (unpaired) electrons. The first-order valence-corrected chi connectivity index (χ1v) is 17.6. The Morgan fingerprint density at radius 2 is 0.840 bits per heavy atom. The van der Waals surface area contributed by atoms with E-state index in [-0.39, 0.29) is 5.41 Å². The van der Waals surface area contributed by atoms with Crippen molar-refractivity contribution < 1.29 is 0 Å². The average molecular weight is 638 g/mol. The van der Waals surface area contributed by atoms with Crippen molar-refractivity contribution in [3.8, 4) is 33.4 Å². The smallest absolute Gasteiger partial charge is 0.0538 e. The molecule has 1 spiro atoms. The minimum atomic E-state index is -0.273. The molecule has 3 aliphatic rings. The molecule has 236 valence electrons. The SMILES string of the molecule is C1=CC2[C@@H](C=C1)c1ccc(N(c3ccc(-c4ccccc4)cc3)c3ccc(-c4ccccc4)cc3)cc1C21c2ccccc2-c2ccccc21. The van der Waals surface area contributed by atoms with Gasteiger partial charge in [-0.05, 0) is 92.0 Å². The minimum absolute atomic E-state index is 0.273. The maximum Gasteiger partial charge on any atom is 0.0538 e. The maximum atomic E-state index is 2.50. The van der Waals surface area contributed by atoms with Gasteiger partial charge < -0.3 is 4.90 Å². The van der Waals surface area contributed by atoms with Crippen molar-refractivity contribution in [3.05, 3.63) is 222 Å². The molecule has 0 bridgehead atoms. The second kappa shape index (κ2) is 11.5. The number of hydrogen-bond donors (Lipinski definition) is 0. The van der Waals surface area contributed by atoms with Crippen LogP contribution in [-0.2, 0) is 5.41 Å². The van der Waals surface area contributed by atoms with E-state index in [1.54, 1.807) is 0 Å². The van der Waals surface area contributed by atoms with Crippen LogP contribution in [0, 0.1) is 5.92 Å². The second-order valence-electron chi connectivity index (χ2n) is 13.7. The molecule has 0 saturated carbocycles. The lowest BCUT2D eigenvalue weighted by Crippen LogP contribution is -2.33. The third-order valence-corrected chi connectivity index (χ3v) is 11.2. The van der Waals surface area contributed by atoms with Crippen LogP contribution in [0.3, 0.4) is 0 Å². The van der Waals surface area contributed by atoms with Crippen LogP contribution in [0.1, 0.15) is 28.2 Å². The molecule has 0 saturated heterocycles. The molecule has 7 aromatic rings. The largest absolute Gasteiger partial charge is 0.310 e. The van der Waals surface area contributed by atoms with Crippen LogP contribution >= 0.6 is 0 Å². The molecule has 0 aromatic heterocycles. The lowest BCUT2D eigenvalue weighted by Gasteiger charge is -2.36. The van der Waals surface area contributed by atoms with Crippen molar-refractivity contribution in [2.24, 2.45) is 5.92 Å². The Labute approximate surface area is 294 Å². The molecule has 50 heavy (non-hydrogen) atoms. The van der Waals surface area contributed by atoms with Crippen LogP contribution in [0.5, 0.6) is 0 Å². The zero-order valence-corrected chi connectivity index (χ0v) is 27.7. The van der Waals surface area contributed by atoms with Gasteiger partial charge >= 0.3 is 0 Å². The molecule has 0 N–H and O–H groups in total. The van der Waals surface area contributed by atoms with Gasteiger partial charge in [-0.3, -0.25) is 0 Å². The summed E-state index contributed by atoms with van der Waals surface area (Å²) in [4.78, 5) is 2.43. The number of hydrogen-bond acceptors (Lipinski definition) is 1. The molecule has 3 aliphatic carbocycles. The predicted octanol–water partition coefficient (Wildman–Crippen LogP) is 12.6. The quantitative estimate of drug-likeness (QED) is 0.182. The Morgan fingerprint density at radius 3 is 1.40 bits per heavy atom. The summed E-state index contributed by atoms with van der Waals surface area (Å²) in [6, 6.07) is 64.8. The van der Waals surface area contributed by atoms with E-state index < -0.39 is 0 Å². The van der Waals surface area contributed by atoms with Gasteiger partial charge in [0, 0.05) is 28.9 Å². The fraction of sp³-hybridized carbons (Fsp3) is 0.0612. The summed E-state index contributed by atoms with van der Waals surface area (Å²) in [5.41, 5.74) is 16.4. The number of fused-ring (bicyclic) bond motifs is 10. The van der Waals surface area contributed by atoms with Crippen molar-refractivity contribution in [1.82, 2.24) is 0 Å². The number of allylic oxidation sites excluding steroid dienone is 4. The Morgan fingerprint density at radius 1 is 0.380 bits per heavy atom. The summed E-state index contributed by atoms with van der Waals surface area (Å²) in [6.07, 6.45) is 9.38. The Kier molecular flexibility index (Phi) is 6.60. The standard InChI is InChI=1S/C49H35N/c1-3-13-34(14-4-1)36-23-27-38(28-24-36)50(39-29-25-37(26-30-39)35-15-5-2-6-16-35)40-31-32-44-43-19-9-12-22-47(43)49(48(44)33-40)45-20-10-7-17-41(45)42-18-8-11-21-46(42)49/h1-33,43,47H/t43-,47?/m0/s1. The van der Waals surface area contributed by atoms with E-state index in [4.69, 9.17) is 0 Å². The van der Waals surface area contributed by atoms with E-state index in [1.807, 2.05) is 0 Å². The Balaban J connectivity index is 1.17. The van der Waals surface area contributed by atoms with E-state index in [2.05, 4.69) is 205 Å². The number of anilines is 3. The zero-order valence-electron chi connectivity index (χ0n) is 27.7. The summed E-state index contributed by atoms with van der Waals surface area (Å²) in [6.45, 7) is 0. The Hall–Kier alpha value is -6.18. The molecule has 0 aliphatic heterocycles. The molecule has 7 aromatic carbocycles. The average Bonchev–Trinajstić information content (AvgIpc) is 3.66. The monoisotopic (exact) mass is 637 g/mol. The van der Waals surface area contributed by atoms with Crippen LogP contribution in [-0.4, -0.2) is 0 Å². The first-order valence-electron chi connectivity index (χ1n) is 17.6. The zero-order chi connectivity index (χ0) is 33.1. The fourth-order valence-electron chi connectivity index (χ4n) is 9.05. The van der Waals surface area contributed by atoms with Gasteiger partial charge in [-0.1, -0.05) is 164 Å². The van der Waals surface area contributed by atoms with Crippen LogP contribution in [0.2, 0.25) is 0 Å². The van der Waals surface area contributed by atoms with E-state index >= 15 is 0 Å². The molecule has 0 fully saturated rings. The van der Waals surface area contributed by atoms with Crippen LogP contribution in [0.15, 0.2) is 200 Å². The van der Waals surface area contributed by atoms with Crippen LogP contribution in [0.25, 0.3) is 33.4 Å². The molecule has 0 heterocycles. The van der Waals surface area contributed by atoms with Crippen molar-refractivity contribution >= 4 is 17.1 Å². The van der Waals surface area contributed by atoms with Crippen molar-refractivity contribution in [2.45, 2.75) is 11.3 Å². The summed E-state index contributed by atoms with van der Waals surface area (Å²) in [5.74, 6) is 0.610. The van der Waals surface area contributed by atoms with Gasteiger partial charge in [0.1, 0.15) is 0 Å². The molecular weight excluding hydrogens is 603 g/mol. The maximum absolute atomic E-state index is 2.50. The molecular formula is C49H35N. The normalized spacial score (nSPS) is 17.2. The minimum Gasteiger partial charge on any atom is -0.310 e. The molecule has 2 atom stereocenters. The summed E-state index contributed by atoms with van der Waals surface area (Å²) in [5, 5.41) is 0. The molecule has 1 heteroatoms. The predicted molar refractivity (Wildman–Crippen MR) is 208 cm³/mol. The van der Waals surface area contributed by atoms with Crippen LogP contribution < -0.4 is 4.90 Å². The number of benzene rings is 7. The molecule has 1 unspecified atom stereocenters. The van der Waals surface area contributed by atoms with Crippen molar-refractivity contribution in [2.75, 3.05) is 4.90 Å². The van der Waals surface area contributed by atoms with Gasteiger partial charge in [0.15, 0.2) is 0 Å². The van der Waals surface area contributed by atoms with Gasteiger partial charge in [0.05, 0.1) is 5.41 Å². The first kappa shape index (κ1) is 28.8. The van der Waals surface area contributed by atoms with Gasteiger partial charge in [-0.15, -0.1) is 0 Å². The highest BCUT2D eigenvalue weighted by molar-refractivity contribution is 5.87. The molecule has 1 nitrogen and oxygen atoms in total. The van der Waals surface area contributed by atoms with E-state index in [9.17, 15) is 0 Å². The third-order valence-electron chi connectivity index (χ3n) is 11.2. The lowest BCUT2D eigenvalue weighted by molar-refractivity contribution is 0.465. The van der Waals surface area contributed by atoms with Gasteiger partial charge in [0.25, 0.3) is 0 Å². The van der Waals surface area contributed by atoms with E-state index in [0.717, 1.165) is 17.1 Å². The lowest BCUT2D eigenvalue weighted by atomic mass is 9.65. The van der Waals surface area contributed by atoms with Gasteiger partial charge in [-0.25, -0.2) is 0 Å². The number of rotatable bonds is 5. The molecule has 10 rings (SSSR count). The highest BCUT2D eigenvalue weighted by Gasteiger charge is 2.57. The second-order valence-corrected chi connectivity index (χ2v) is 13.7. The van der Waals surface area contributed by atoms with Gasteiger partial charge in [0.2, 0.25) is 0 Å². The van der Waals surface area contributed by atoms with Crippen molar-refractivity contribution in [3.63, 3.8) is 0 Å². The summed E-state index contributed by atoms with van der Waals surface area (Å²) in [7, 11) is 0. The summed E-state index contributed by atoms with van der Waals surface area (Å²) < 4.78 is 0. The molecule has 0 amide bonds. The van der Waals surface area contributed by atoms with Gasteiger partial charge in [-0.2, -0.15) is 0 Å². The Bertz CT molecular complexity index is 2290. The van der Waals surface area contributed by atoms with Crippen LogP contribution in [0.4, 0.5) is 17.1 Å². The number of nitrogens with zero attached hydrogens (tertiary/aromatic N) is 1. The third kappa shape index (κ3) is 4.27. The van der Waals surface area contributed by atoms with E-state index in [0.29, 0.717) is 11.8 Å². The first-order chi connectivity index (χ1) is 24.8.